The van der Waals surface area contributed by atoms with E-state index in [0.29, 0.717) is 18.7 Å². The van der Waals surface area contributed by atoms with Gasteiger partial charge in [0, 0.05) is 6.54 Å². The van der Waals surface area contributed by atoms with Gasteiger partial charge in [-0.1, -0.05) is 30.7 Å². The summed E-state index contributed by atoms with van der Waals surface area (Å²) in [6, 6.07) is 6.53. The molecule has 0 aliphatic rings. The molecule has 0 bridgehead atoms. The number of sulfonamides is 1. The van der Waals surface area contributed by atoms with Crippen LogP contribution >= 0.6 is 11.6 Å². The highest BCUT2D eigenvalue weighted by molar-refractivity contribution is 7.89. The molecule has 2 rings (SSSR count). The molecule has 8 heteroatoms. The summed E-state index contributed by atoms with van der Waals surface area (Å²) in [6.45, 7) is 2.26. The van der Waals surface area contributed by atoms with Crippen LogP contribution in [0, 0.1) is 0 Å². The maximum absolute atomic E-state index is 12.3. The number of hydrogen-bond donors (Lipinski definition) is 2. The molecule has 0 amide bonds. The summed E-state index contributed by atoms with van der Waals surface area (Å²) in [7, 11) is -3.60. The van der Waals surface area contributed by atoms with Crippen molar-refractivity contribution >= 4 is 27.4 Å². The van der Waals surface area contributed by atoms with Crippen molar-refractivity contribution in [1.82, 2.24) is 14.5 Å². The van der Waals surface area contributed by atoms with Crippen molar-refractivity contribution in [3.8, 4) is 5.69 Å². The Hall–Kier alpha value is -1.57. The number of benzene rings is 1. The lowest BCUT2D eigenvalue weighted by Crippen LogP contribution is -2.25. The van der Waals surface area contributed by atoms with Gasteiger partial charge in [-0.05, 0) is 18.6 Å². The minimum Gasteiger partial charge on any atom is -0.381 e. The van der Waals surface area contributed by atoms with E-state index < -0.39 is 10.0 Å². The number of halogens is 1. The maximum Gasteiger partial charge on any atom is 0.242 e. The summed E-state index contributed by atoms with van der Waals surface area (Å²) in [5.74, 6) is 0.153. The first-order valence-electron chi connectivity index (χ1n) is 6.05. The highest BCUT2D eigenvalue weighted by atomic mass is 35.5. The third-order valence-electron chi connectivity index (χ3n) is 2.64. The van der Waals surface area contributed by atoms with Gasteiger partial charge in [0.2, 0.25) is 10.0 Å². The Kier molecular flexibility index (Phi) is 4.32. The first-order chi connectivity index (χ1) is 9.45. The molecule has 0 saturated heterocycles. The summed E-state index contributed by atoms with van der Waals surface area (Å²) in [6.07, 6.45) is 2.19. The predicted octanol–water partition coefficient (Wildman–Crippen LogP) is 1.80. The molecule has 0 spiro atoms. The van der Waals surface area contributed by atoms with Crippen molar-refractivity contribution < 1.29 is 8.42 Å². The second-order valence-corrected chi connectivity index (χ2v) is 6.31. The molecule has 0 atom stereocenters. The highest BCUT2D eigenvalue weighted by Crippen LogP contribution is 2.23. The van der Waals surface area contributed by atoms with Crippen LogP contribution in [0.2, 0.25) is 5.02 Å². The van der Waals surface area contributed by atoms with E-state index >= 15 is 0 Å². The fourth-order valence-electron chi connectivity index (χ4n) is 1.68. The number of hydrogen-bond acceptors (Lipinski definition) is 4. The smallest absolute Gasteiger partial charge is 0.242 e. The largest absolute Gasteiger partial charge is 0.381 e. The molecule has 6 nitrogen and oxygen atoms in total. The molecular weight excluding hydrogens is 300 g/mol. The van der Waals surface area contributed by atoms with Crippen molar-refractivity contribution in [1.29, 1.82) is 0 Å². The predicted molar refractivity (Wildman–Crippen MR) is 78.5 cm³/mol. The molecule has 0 aliphatic heterocycles. The Balaban J connectivity index is 2.51. The monoisotopic (exact) mass is 314 g/mol. The van der Waals surface area contributed by atoms with Crippen LogP contribution < -0.4 is 10.5 Å². The molecule has 3 N–H and O–H groups in total. The first-order valence-corrected chi connectivity index (χ1v) is 7.91. The van der Waals surface area contributed by atoms with E-state index in [9.17, 15) is 8.42 Å². The van der Waals surface area contributed by atoms with Crippen LogP contribution in [-0.4, -0.2) is 24.7 Å². The third-order valence-corrected chi connectivity index (χ3v) is 4.44. The van der Waals surface area contributed by atoms with E-state index in [1.54, 1.807) is 18.2 Å². The quantitative estimate of drug-likeness (QED) is 0.880. The average molecular weight is 315 g/mol. The number of para-hydroxylation sites is 1. The fraction of sp³-hybridized carbons (Fsp3) is 0.250. The molecule has 108 valence electrons. The lowest BCUT2D eigenvalue weighted by Gasteiger charge is -2.10. The molecule has 0 aliphatic carbocycles. The zero-order valence-corrected chi connectivity index (χ0v) is 12.4. The van der Waals surface area contributed by atoms with E-state index in [-0.39, 0.29) is 15.7 Å². The standard InChI is InChI=1S/C12H15ClN4O2S/c1-2-7-15-20(18,19)11-6-4-3-5-10(11)17-8-9(13)12(14)16-17/h3-6,8,15H,2,7H2,1H3,(H2,14,16). The zero-order chi connectivity index (χ0) is 14.8. The van der Waals surface area contributed by atoms with Crippen LogP contribution in [0.25, 0.3) is 5.69 Å². The Morgan fingerprint density at radius 3 is 2.70 bits per heavy atom. The molecule has 1 heterocycles. The Labute approximate surface area is 122 Å². The van der Waals surface area contributed by atoms with Crippen molar-refractivity contribution in [3.63, 3.8) is 0 Å². The van der Waals surface area contributed by atoms with Crippen LogP contribution in [0.3, 0.4) is 0 Å². The second kappa shape index (κ2) is 5.82. The molecule has 20 heavy (non-hydrogen) atoms. The van der Waals surface area contributed by atoms with Crippen LogP contribution in [0.4, 0.5) is 5.82 Å². The molecule has 1 aromatic heterocycles. The van der Waals surface area contributed by atoms with Gasteiger partial charge in [-0.2, -0.15) is 0 Å². The van der Waals surface area contributed by atoms with Crippen molar-refractivity contribution in [2.75, 3.05) is 12.3 Å². The zero-order valence-electron chi connectivity index (χ0n) is 10.9. The maximum atomic E-state index is 12.3. The van der Waals surface area contributed by atoms with Crippen molar-refractivity contribution in [3.05, 3.63) is 35.5 Å². The summed E-state index contributed by atoms with van der Waals surface area (Å²) in [5.41, 5.74) is 5.99. The van der Waals surface area contributed by atoms with Gasteiger partial charge in [0.15, 0.2) is 5.82 Å². The third kappa shape index (κ3) is 2.95. The number of nitrogens with one attached hydrogen (secondary N) is 1. The van der Waals surface area contributed by atoms with E-state index in [1.165, 1.54) is 16.9 Å². The molecular formula is C12H15ClN4O2S. The van der Waals surface area contributed by atoms with Crippen molar-refractivity contribution in [2.45, 2.75) is 18.2 Å². The SMILES string of the molecule is CCCNS(=O)(=O)c1ccccc1-n1cc(Cl)c(N)n1. The van der Waals surface area contributed by atoms with Crippen LogP contribution in [0.5, 0.6) is 0 Å². The highest BCUT2D eigenvalue weighted by Gasteiger charge is 2.19. The number of nitrogen functional groups attached to an aromatic ring is 1. The van der Waals surface area contributed by atoms with Gasteiger partial charge < -0.3 is 5.73 Å². The molecule has 0 saturated carbocycles. The normalized spacial score (nSPS) is 11.7. The lowest BCUT2D eigenvalue weighted by atomic mass is 10.3. The van der Waals surface area contributed by atoms with Gasteiger partial charge in [0.05, 0.1) is 11.9 Å². The van der Waals surface area contributed by atoms with Gasteiger partial charge in [0.1, 0.15) is 9.92 Å². The molecule has 0 unspecified atom stereocenters. The van der Waals surface area contributed by atoms with Crippen LogP contribution in [0.15, 0.2) is 35.4 Å². The van der Waals surface area contributed by atoms with Gasteiger partial charge in [-0.25, -0.2) is 17.8 Å². The Morgan fingerprint density at radius 2 is 2.10 bits per heavy atom. The lowest BCUT2D eigenvalue weighted by molar-refractivity contribution is 0.579. The van der Waals surface area contributed by atoms with Gasteiger partial charge in [0.25, 0.3) is 0 Å². The summed E-state index contributed by atoms with van der Waals surface area (Å²) in [4.78, 5) is 0.132. The van der Waals surface area contributed by atoms with Crippen LogP contribution in [-0.2, 0) is 10.0 Å². The summed E-state index contributed by atoms with van der Waals surface area (Å²) >= 11 is 5.86. The van der Waals surface area contributed by atoms with E-state index in [2.05, 4.69) is 9.82 Å². The van der Waals surface area contributed by atoms with Gasteiger partial charge in [-0.15, -0.1) is 5.10 Å². The van der Waals surface area contributed by atoms with Gasteiger partial charge >= 0.3 is 0 Å². The number of aromatic nitrogens is 2. The Bertz CT molecular complexity index is 692. The molecule has 2 aromatic rings. The average Bonchev–Trinajstić information content (AvgIpc) is 2.76. The number of nitrogens with zero attached hydrogens (tertiary/aromatic N) is 2. The van der Waals surface area contributed by atoms with E-state index in [0.717, 1.165) is 0 Å². The van der Waals surface area contributed by atoms with E-state index in [1.807, 2.05) is 6.92 Å². The number of rotatable bonds is 5. The number of anilines is 1. The minimum atomic E-state index is -3.60. The first kappa shape index (κ1) is 14.8. The molecule has 0 radical (unpaired) electrons. The van der Waals surface area contributed by atoms with Crippen molar-refractivity contribution in [2.24, 2.45) is 0 Å². The molecule has 0 fully saturated rings. The summed E-state index contributed by atoms with van der Waals surface area (Å²) in [5, 5.41) is 4.28. The second-order valence-electron chi connectivity index (χ2n) is 4.17. The summed E-state index contributed by atoms with van der Waals surface area (Å²) < 4.78 is 28.4. The van der Waals surface area contributed by atoms with Gasteiger partial charge in [-0.3, -0.25) is 0 Å². The molecule has 1 aromatic carbocycles. The van der Waals surface area contributed by atoms with E-state index in [4.69, 9.17) is 17.3 Å². The fourth-order valence-corrected chi connectivity index (χ4v) is 3.13. The number of nitrogens with two attached hydrogens (primary N) is 1. The Morgan fingerprint density at radius 1 is 1.40 bits per heavy atom. The van der Waals surface area contributed by atoms with Crippen LogP contribution in [0.1, 0.15) is 13.3 Å². The topological polar surface area (TPSA) is 90.0 Å². The minimum absolute atomic E-state index is 0.132.